The van der Waals surface area contributed by atoms with Gasteiger partial charge in [0, 0.05) is 16.0 Å². The normalized spacial score (nSPS) is 11.0. The Morgan fingerprint density at radius 1 is 1.00 bits per heavy atom. The number of nitrogen functional groups attached to an aromatic ring is 1. The molecule has 2 heterocycles. The second-order valence-corrected chi connectivity index (χ2v) is 5.63. The van der Waals surface area contributed by atoms with Crippen LogP contribution in [0.2, 0.25) is 0 Å². The zero-order chi connectivity index (χ0) is 14.2. The molecule has 21 heavy (non-hydrogen) atoms. The first-order valence-corrected chi connectivity index (χ1v) is 7.31. The third-order valence-electron chi connectivity index (χ3n) is 3.32. The molecule has 0 spiro atoms. The van der Waals surface area contributed by atoms with Crippen LogP contribution in [-0.2, 0) is 0 Å². The maximum absolute atomic E-state index is 5.72. The van der Waals surface area contributed by atoms with E-state index in [1.807, 2.05) is 30.3 Å². The topological polar surface area (TPSA) is 69.6 Å². The van der Waals surface area contributed by atoms with Gasteiger partial charge in [0.1, 0.15) is 0 Å². The average Bonchev–Trinajstić information content (AvgIpc) is 3.16. The van der Waals surface area contributed by atoms with E-state index < -0.39 is 0 Å². The summed E-state index contributed by atoms with van der Waals surface area (Å²) in [6.45, 7) is 0. The van der Waals surface area contributed by atoms with Crippen molar-refractivity contribution in [3.63, 3.8) is 0 Å². The molecule has 2 aromatic carbocycles. The Labute approximate surface area is 124 Å². The number of anilines is 1. The van der Waals surface area contributed by atoms with Crippen LogP contribution >= 0.6 is 11.3 Å². The molecule has 0 aliphatic carbocycles. The molecule has 0 aliphatic rings. The van der Waals surface area contributed by atoms with Crippen LogP contribution in [-0.4, -0.2) is 20.2 Å². The summed E-state index contributed by atoms with van der Waals surface area (Å²) in [7, 11) is 0. The molecule has 0 atom stereocenters. The third-order valence-corrected chi connectivity index (χ3v) is 4.22. The van der Waals surface area contributed by atoms with Crippen LogP contribution in [0.3, 0.4) is 0 Å². The largest absolute Gasteiger partial charge is 0.399 e. The highest BCUT2D eigenvalue weighted by Gasteiger charge is 2.11. The van der Waals surface area contributed by atoms with E-state index in [4.69, 9.17) is 5.73 Å². The summed E-state index contributed by atoms with van der Waals surface area (Å²) < 4.78 is 2.99. The van der Waals surface area contributed by atoms with Crippen LogP contribution in [0.4, 0.5) is 5.69 Å². The molecule has 0 fully saturated rings. The first-order chi connectivity index (χ1) is 10.3. The first kappa shape index (κ1) is 12.0. The van der Waals surface area contributed by atoms with Gasteiger partial charge in [0.05, 0.1) is 5.69 Å². The Balaban J connectivity index is 1.85. The number of fused-ring (bicyclic) bond motifs is 1. The summed E-state index contributed by atoms with van der Waals surface area (Å²) in [6, 6.07) is 15.8. The molecule has 0 amide bonds. The summed E-state index contributed by atoms with van der Waals surface area (Å²) >= 11 is 1.72. The van der Waals surface area contributed by atoms with Crippen LogP contribution in [0.25, 0.3) is 27.2 Å². The van der Waals surface area contributed by atoms with Gasteiger partial charge in [-0.3, -0.25) is 0 Å². The number of tetrazole rings is 1. The molecule has 0 bridgehead atoms. The highest BCUT2D eigenvalue weighted by molar-refractivity contribution is 7.17. The fourth-order valence-corrected chi connectivity index (χ4v) is 3.03. The smallest absolute Gasteiger partial charge is 0.187 e. The van der Waals surface area contributed by atoms with E-state index >= 15 is 0 Å². The number of hydrogen-bond donors (Lipinski definition) is 1. The van der Waals surface area contributed by atoms with E-state index in [1.165, 1.54) is 10.1 Å². The Morgan fingerprint density at radius 2 is 1.86 bits per heavy atom. The number of rotatable bonds is 2. The van der Waals surface area contributed by atoms with Crippen molar-refractivity contribution >= 4 is 27.1 Å². The van der Waals surface area contributed by atoms with Crippen LogP contribution in [0.15, 0.2) is 53.9 Å². The maximum Gasteiger partial charge on any atom is 0.187 e. The van der Waals surface area contributed by atoms with Crippen LogP contribution in [0.5, 0.6) is 0 Å². The maximum atomic E-state index is 5.72. The molecule has 6 heteroatoms. The number of nitrogens with two attached hydrogens (primary N) is 1. The van der Waals surface area contributed by atoms with Crippen molar-refractivity contribution in [1.82, 2.24) is 20.2 Å². The molecule has 0 saturated carbocycles. The lowest BCUT2D eigenvalue weighted by molar-refractivity contribution is 0.792. The lowest BCUT2D eigenvalue weighted by Crippen LogP contribution is -1.99. The molecule has 0 aliphatic heterocycles. The molecule has 2 N–H and O–H groups in total. The molecule has 0 radical (unpaired) electrons. The van der Waals surface area contributed by atoms with Crippen molar-refractivity contribution in [1.29, 1.82) is 0 Å². The molecule has 0 saturated heterocycles. The van der Waals surface area contributed by atoms with Gasteiger partial charge in [-0.15, -0.1) is 16.4 Å². The Morgan fingerprint density at radius 3 is 2.71 bits per heavy atom. The molecule has 4 aromatic rings. The molecule has 0 unspecified atom stereocenters. The summed E-state index contributed by atoms with van der Waals surface area (Å²) in [5.41, 5.74) is 8.31. The fourth-order valence-electron chi connectivity index (χ4n) is 2.26. The molecular formula is C15H11N5S. The average molecular weight is 293 g/mol. The van der Waals surface area contributed by atoms with Crippen LogP contribution in [0.1, 0.15) is 0 Å². The van der Waals surface area contributed by atoms with E-state index in [0.717, 1.165) is 16.9 Å². The van der Waals surface area contributed by atoms with Gasteiger partial charge >= 0.3 is 0 Å². The molecular weight excluding hydrogens is 282 g/mol. The van der Waals surface area contributed by atoms with Crippen molar-refractivity contribution in [2.45, 2.75) is 0 Å². The fraction of sp³-hybridized carbons (Fsp3) is 0. The number of hydrogen-bond acceptors (Lipinski definition) is 5. The lowest BCUT2D eigenvalue weighted by atomic mass is 10.2. The van der Waals surface area contributed by atoms with Crippen molar-refractivity contribution < 1.29 is 0 Å². The van der Waals surface area contributed by atoms with Gasteiger partial charge in [-0.2, -0.15) is 4.68 Å². The first-order valence-electron chi connectivity index (χ1n) is 6.43. The monoisotopic (exact) mass is 293 g/mol. The summed E-state index contributed by atoms with van der Waals surface area (Å²) in [5.74, 6) is 0.699. The minimum Gasteiger partial charge on any atom is -0.399 e. The van der Waals surface area contributed by atoms with Gasteiger partial charge in [0.15, 0.2) is 5.82 Å². The van der Waals surface area contributed by atoms with Crippen LogP contribution < -0.4 is 5.73 Å². The molecule has 102 valence electrons. The Kier molecular flexibility index (Phi) is 2.68. The number of benzene rings is 2. The molecule has 5 nitrogen and oxygen atoms in total. The third kappa shape index (κ3) is 2.05. The van der Waals surface area contributed by atoms with Crippen molar-refractivity contribution in [2.24, 2.45) is 0 Å². The molecule has 2 aromatic heterocycles. The van der Waals surface area contributed by atoms with Gasteiger partial charge < -0.3 is 5.73 Å². The standard InChI is InChI=1S/C15H11N5S/c16-12-3-1-10(2-4-12)15-17-18-19-20(15)13-5-6-14-11(9-13)7-8-21-14/h1-9H,16H2. The number of aromatic nitrogens is 4. The summed E-state index contributed by atoms with van der Waals surface area (Å²) in [6.07, 6.45) is 0. The van der Waals surface area contributed by atoms with Crippen molar-refractivity contribution in [2.75, 3.05) is 5.73 Å². The number of thiophene rings is 1. The second kappa shape index (κ2) is 4.68. The Bertz CT molecular complexity index is 907. The quantitative estimate of drug-likeness (QED) is 0.576. The van der Waals surface area contributed by atoms with Gasteiger partial charge in [-0.25, -0.2) is 0 Å². The van der Waals surface area contributed by atoms with Crippen molar-refractivity contribution in [3.05, 3.63) is 53.9 Å². The van der Waals surface area contributed by atoms with Gasteiger partial charge in [0.25, 0.3) is 0 Å². The van der Waals surface area contributed by atoms with Gasteiger partial charge in [-0.1, -0.05) is 0 Å². The van der Waals surface area contributed by atoms with E-state index in [-0.39, 0.29) is 0 Å². The van der Waals surface area contributed by atoms with Gasteiger partial charge in [-0.05, 0) is 69.7 Å². The predicted octanol–water partition coefficient (Wildman–Crippen LogP) is 3.13. The lowest BCUT2D eigenvalue weighted by Gasteiger charge is -2.05. The minimum atomic E-state index is 0.699. The van der Waals surface area contributed by atoms with E-state index in [0.29, 0.717) is 5.82 Å². The van der Waals surface area contributed by atoms with E-state index in [1.54, 1.807) is 16.0 Å². The number of nitrogens with zero attached hydrogens (tertiary/aromatic N) is 4. The summed E-state index contributed by atoms with van der Waals surface area (Å²) in [4.78, 5) is 0. The zero-order valence-corrected chi connectivity index (χ0v) is 11.8. The van der Waals surface area contributed by atoms with E-state index in [9.17, 15) is 0 Å². The SMILES string of the molecule is Nc1ccc(-c2nnnn2-c2ccc3sccc3c2)cc1. The molecule has 4 rings (SSSR count). The highest BCUT2D eigenvalue weighted by Crippen LogP contribution is 2.25. The predicted molar refractivity (Wildman–Crippen MR) is 84.4 cm³/mol. The summed E-state index contributed by atoms with van der Waals surface area (Å²) in [5, 5.41) is 15.3. The van der Waals surface area contributed by atoms with Crippen molar-refractivity contribution in [3.8, 4) is 17.1 Å². The highest BCUT2D eigenvalue weighted by atomic mass is 32.1. The minimum absolute atomic E-state index is 0.699. The second-order valence-electron chi connectivity index (χ2n) is 4.68. The zero-order valence-electron chi connectivity index (χ0n) is 11.0. The van der Waals surface area contributed by atoms with Gasteiger partial charge in [0.2, 0.25) is 0 Å². The van der Waals surface area contributed by atoms with Crippen LogP contribution in [0, 0.1) is 0 Å². The van der Waals surface area contributed by atoms with E-state index in [2.05, 4.69) is 39.1 Å². The Hall–Kier alpha value is -2.73.